The second-order valence-corrected chi connectivity index (χ2v) is 5.76. The van der Waals surface area contributed by atoms with E-state index in [9.17, 15) is 4.79 Å². The highest BCUT2D eigenvalue weighted by Crippen LogP contribution is 2.20. The number of nitrogens with zero attached hydrogens (tertiary/aromatic N) is 4. The maximum atomic E-state index is 12.7. The van der Waals surface area contributed by atoms with Crippen LogP contribution in [0.15, 0.2) is 57.6 Å². The standard InChI is InChI=1S/C19H14N4O3/c1-11-20-18(22-25-11)15-7-3-13(4-8-15)17(24)14-5-9-16(10-6-14)19-21-12(2)26-23-19/h3-10H,1-2H3. The summed E-state index contributed by atoms with van der Waals surface area (Å²) in [5.74, 6) is 1.92. The maximum Gasteiger partial charge on any atom is 0.223 e. The average molecular weight is 346 g/mol. The van der Waals surface area contributed by atoms with Crippen LogP contribution < -0.4 is 0 Å². The minimum Gasteiger partial charge on any atom is -0.339 e. The zero-order valence-corrected chi connectivity index (χ0v) is 14.1. The molecule has 0 bridgehead atoms. The van der Waals surface area contributed by atoms with Crippen molar-refractivity contribution < 1.29 is 13.8 Å². The van der Waals surface area contributed by atoms with Gasteiger partial charge in [-0.25, -0.2) is 0 Å². The van der Waals surface area contributed by atoms with E-state index >= 15 is 0 Å². The van der Waals surface area contributed by atoms with Crippen molar-refractivity contribution in [3.05, 3.63) is 71.4 Å². The summed E-state index contributed by atoms with van der Waals surface area (Å²) >= 11 is 0. The first-order valence-corrected chi connectivity index (χ1v) is 7.96. The van der Waals surface area contributed by atoms with Crippen LogP contribution in [0.2, 0.25) is 0 Å². The van der Waals surface area contributed by atoms with Crippen LogP contribution in [0.1, 0.15) is 27.7 Å². The fraction of sp³-hybridized carbons (Fsp3) is 0.105. The molecule has 0 fully saturated rings. The van der Waals surface area contributed by atoms with Crippen LogP contribution in [0.4, 0.5) is 0 Å². The van der Waals surface area contributed by atoms with Gasteiger partial charge < -0.3 is 9.05 Å². The Morgan fingerprint density at radius 3 is 1.38 bits per heavy atom. The molecular weight excluding hydrogens is 332 g/mol. The number of carbonyl (C=O) groups is 1. The number of hydrogen-bond acceptors (Lipinski definition) is 7. The van der Waals surface area contributed by atoms with Gasteiger partial charge in [-0.3, -0.25) is 4.79 Å². The molecule has 0 saturated carbocycles. The Labute approximate surface area is 148 Å². The number of ketones is 1. The third-order valence-electron chi connectivity index (χ3n) is 3.87. The molecule has 0 aliphatic carbocycles. The maximum absolute atomic E-state index is 12.7. The molecule has 0 saturated heterocycles. The molecule has 0 aliphatic heterocycles. The Morgan fingerprint density at radius 1 is 0.692 bits per heavy atom. The fourth-order valence-corrected chi connectivity index (χ4v) is 2.54. The SMILES string of the molecule is Cc1nc(-c2ccc(C(=O)c3ccc(-c4noc(C)n4)cc3)cc2)no1. The number of hydrogen-bond donors (Lipinski definition) is 0. The molecule has 2 aromatic heterocycles. The lowest BCUT2D eigenvalue weighted by Gasteiger charge is -2.03. The summed E-state index contributed by atoms with van der Waals surface area (Å²) in [7, 11) is 0. The summed E-state index contributed by atoms with van der Waals surface area (Å²) < 4.78 is 9.94. The van der Waals surface area contributed by atoms with E-state index in [4.69, 9.17) is 9.05 Å². The van der Waals surface area contributed by atoms with Crippen molar-refractivity contribution in [1.82, 2.24) is 20.3 Å². The van der Waals surface area contributed by atoms with E-state index in [1.807, 2.05) is 0 Å². The highest BCUT2D eigenvalue weighted by molar-refractivity contribution is 6.09. The lowest BCUT2D eigenvalue weighted by Crippen LogP contribution is -2.01. The summed E-state index contributed by atoms with van der Waals surface area (Å²) in [5.41, 5.74) is 2.75. The summed E-state index contributed by atoms with van der Waals surface area (Å²) in [4.78, 5) is 21.0. The van der Waals surface area contributed by atoms with Crippen LogP contribution in [0.5, 0.6) is 0 Å². The Morgan fingerprint density at radius 2 is 1.08 bits per heavy atom. The van der Waals surface area contributed by atoms with Crippen LogP contribution in [0, 0.1) is 13.8 Å². The summed E-state index contributed by atoms with van der Waals surface area (Å²) in [6, 6.07) is 14.2. The van der Waals surface area contributed by atoms with Crippen molar-refractivity contribution >= 4 is 5.78 Å². The van der Waals surface area contributed by atoms with Gasteiger partial charge in [0.1, 0.15) is 0 Å². The molecule has 128 valence electrons. The first-order valence-electron chi connectivity index (χ1n) is 7.96. The Balaban J connectivity index is 1.55. The molecule has 4 aromatic rings. The highest BCUT2D eigenvalue weighted by atomic mass is 16.5. The van der Waals surface area contributed by atoms with Crippen LogP contribution in [-0.2, 0) is 0 Å². The van der Waals surface area contributed by atoms with Crippen LogP contribution in [-0.4, -0.2) is 26.1 Å². The highest BCUT2D eigenvalue weighted by Gasteiger charge is 2.12. The average Bonchev–Trinajstić information content (AvgIpc) is 3.30. The molecular formula is C19H14N4O3. The molecule has 0 atom stereocenters. The van der Waals surface area contributed by atoms with E-state index in [2.05, 4.69) is 20.3 Å². The third kappa shape index (κ3) is 3.02. The molecule has 0 radical (unpaired) electrons. The molecule has 4 rings (SSSR count). The Hall–Kier alpha value is -3.61. The van der Waals surface area contributed by atoms with Gasteiger partial charge in [0.05, 0.1) is 0 Å². The summed E-state index contributed by atoms with van der Waals surface area (Å²) in [6.07, 6.45) is 0. The van der Waals surface area contributed by atoms with Crippen molar-refractivity contribution in [3.63, 3.8) is 0 Å². The minimum atomic E-state index is -0.0725. The smallest absolute Gasteiger partial charge is 0.223 e. The van der Waals surface area contributed by atoms with Gasteiger partial charge in [-0.1, -0.05) is 58.8 Å². The topological polar surface area (TPSA) is 94.9 Å². The van der Waals surface area contributed by atoms with Gasteiger partial charge in [-0.05, 0) is 0 Å². The molecule has 0 spiro atoms. The Bertz CT molecular complexity index is 977. The van der Waals surface area contributed by atoms with Gasteiger partial charge in [0, 0.05) is 36.1 Å². The van der Waals surface area contributed by atoms with Crippen molar-refractivity contribution in [2.75, 3.05) is 0 Å². The number of aryl methyl sites for hydroxylation is 2. The van der Waals surface area contributed by atoms with Gasteiger partial charge in [0.15, 0.2) is 5.78 Å². The zero-order chi connectivity index (χ0) is 18.1. The third-order valence-corrected chi connectivity index (χ3v) is 3.87. The molecule has 0 unspecified atom stereocenters. The van der Waals surface area contributed by atoms with Crippen molar-refractivity contribution in [2.24, 2.45) is 0 Å². The molecule has 7 heteroatoms. The normalized spacial score (nSPS) is 10.8. The largest absolute Gasteiger partial charge is 0.339 e. The number of carbonyl (C=O) groups excluding carboxylic acids is 1. The molecule has 2 heterocycles. The summed E-state index contributed by atoms with van der Waals surface area (Å²) in [6.45, 7) is 3.46. The van der Waals surface area contributed by atoms with Gasteiger partial charge in [-0.15, -0.1) is 0 Å². The molecule has 0 aliphatic rings. The van der Waals surface area contributed by atoms with Gasteiger partial charge in [0.25, 0.3) is 0 Å². The Kier molecular flexibility index (Phi) is 3.89. The first kappa shape index (κ1) is 15.9. The van der Waals surface area contributed by atoms with E-state index in [0.717, 1.165) is 11.1 Å². The molecule has 26 heavy (non-hydrogen) atoms. The second-order valence-electron chi connectivity index (χ2n) is 5.76. The second kappa shape index (κ2) is 6.36. The van der Waals surface area contributed by atoms with Crippen molar-refractivity contribution in [1.29, 1.82) is 0 Å². The minimum absolute atomic E-state index is 0.0725. The van der Waals surface area contributed by atoms with E-state index < -0.39 is 0 Å². The van der Waals surface area contributed by atoms with Gasteiger partial charge >= 0.3 is 0 Å². The lowest BCUT2D eigenvalue weighted by atomic mass is 10.0. The van der Waals surface area contributed by atoms with E-state index in [-0.39, 0.29) is 5.78 Å². The van der Waals surface area contributed by atoms with Crippen molar-refractivity contribution in [2.45, 2.75) is 13.8 Å². The lowest BCUT2D eigenvalue weighted by molar-refractivity contribution is 0.103. The van der Waals surface area contributed by atoms with Crippen LogP contribution >= 0.6 is 0 Å². The first-order chi connectivity index (χ1) is 12.6. The zero-order valence-electron chi connectivity index (χ0n) is 14.1. The molecule has 0 amide bonds. The monoisotopic (exact) mass is 346 g/mol. The van der Waals surface area contributed by atoms with Gasteiger partial charge in [-0.2, -0.15) is 9.97 Å². The van der Waals surface area contributed by atoms with E-state index in [1.165, 1.54) is 0 Å². The number of rotatable bonds is 4. The van der Waals surface area contributed by atoms with Gasteiger partial charge in [0.2, 0.25) is 23.4 Å². The molecule has 7 nitrogen and oxygen atoms in total. The number of aromatic nitrogens is 4. The fourth-order valence-electron chi connectivity index (χ4n) is 2.54. The molecule has 2 aromatic carbocycles. The van der Waals surface area contributed by atoms with Crippen LogP contribution in [0.25, 0.3) is 22.8 Å². The quantitative estimate of drug-likeness (QED) is 0.521. The molecule has 0 N–H and O–H groups in total. The van der Waals surface area contributed by atoms with Crippen molar-refractivity contribution in [3.8, 4) is 22.8 Å². The van der Waals surface area contributed by atoms with Crippen LogP contribution in [0.3, 0.4) is 0 Å². The number of benzene rings is 2. The van der Waals surface area contributed by atoms with E-state index in [0.29, 0.717) is 34.6 Å². The predicted octanol–water partition coefficient (Wildman–Crippen LogP) is 3.63. The van der Waals surface area contributed by atoms with E-state index in [1.54, 1.807) is 62.4 Å². The predicted molar refractivity (Wildman–Crippen MR) is 92.4 cm³/mol. The summed E-state index contributed by atoms with van der Waals surface area (Å²) in [5, 5.41) is 7.74.